The van der Waals surface area contributed by atoms with Gasteiger partial charge in [-0.05, 0) is 0 Å². The van der Waals surface area contributed by atoms with Crippen molar-refractivity contribution in [3.8, 4) is 11.1 Å². The fourth-order valence-electron chi connectivity index (χ4n) is 2.71. The molecule has 1 N–H and O–H groups in total. The zero-order valence-electron chi connectivity index (χ0n) is 9.67. The molecule has 3 aromatic carbocycles. The van der Waals surface area contributed by atoms with Crippen LogP contribution in [0.2, 0.25) is 0 Å². The van der Waals surface area contributed by atoms with Crippen molar-refractivity contribution in [3.05, 3.63) is 60.7 Å². The van der Waals surface area contributed by atoms with E-state index < -0.39 is 14.2 Å². The van der Waals surface area contributed by atoms with Crippen molar-refractivity contribution in [2.75, 3.05) is 0 Å². The van der Waals surface area contributed by atoms with Crippen LogP contribution in [0.15, 0.2) is 60.7 Å². The van der Waals surface area contributed by atoms with Gasteiger partial charge in [-0.15, -0.1) is 0 Å². The molecule has 1 unspecified atom stereocenters. The first-order chi connectivity index (χ1) is 8.86. The number of fused-ring (bicyclic) bond motifs is 5. The van der Waals surface area contributed by atoms with Gasteiger partial charge in [0.2, 0.25) is 0 Å². The monoisotopic (exact) mass is 300 g/mol. The molecule has 1 aliphatic rings. The van der Waals surface area contributed by atoms with E-state index in [2.05, 4.69) is 36.4 Å². The molecule has 0 radical (unpaired) electrons. The van der Waals surface area contributed by atoms with E-state index >= 15 is 0 Å². The topological polar surface area (TPSA) is 20.2 Å². The molecule has 0 fully saturated rings. The second-order valence-electron chi connectivity index (χ2n) is 4.51. The molecule has 1 heterocycles. The van der Waals surface area contributed by atoms with Crippen LogP contribution in [0.5, 0.6) is 0 Å². The Morgan fingerprint density at radius 1 is 0.722 bits per heavy atom. The fourth-order valence-corrected chi connectivity index (χ4v) is 6.37. The van der Waals surface area contributed by atoms with Crippen LogP contribution in [0, 0.1) is 0 Å². The van der Waals surface area contributed by atoms with Crippen LogP contribution in [-0.2, 0) is 0 Å². The predicted octanol–water partition coefficient (Wildman–Crippen LogP) is 1.65. The van der Waals surface area contributed by atoms with E-state index in [1.165, 1.54) is 26.4 Å². The van der Waals surface area contributed by atoms with Gasteiger partial charge in [0.05, 0.1) is 0 Å². The molecular weight excluding hydrogens is 287 g/mol. The summed E-state index contributed by atoms with van der Waals surface area (Å²) in [6.45, 7) is 0. The molecule has 3 aromatic rings. The molecule has 0 spiro atoms. The van der Waals surface area contributed by atoms with Gasteiger partial charge in [0.1, 0.15) is 0 Å². The summed E-state index contributed by atoms with van der Waals surface area (Å²) in [5, 5.41) is 2.44. The normalized spacial score (nSPS) is 18.6. The quantitative estimate of drug-likeness (QED) is 0.626. The molecule has 2 heteroatoms. The van der Waals surface area contributed by atoms with Crippen LogP contribution in [-0.4, -0.2) is 18.4 Å². The standard InChI is InChI=1S/C16H12OSe/c17-18-15-8-4-3-7-13(15)14-10-9-11-5-1-2-6-12(11)16(14)18/h1-10,17-18H. The Morgan fingerprint density at radius 3 is 2.44 bits per heavy atom. The van der Waals surface area contributed by atoms with Gasteiger partial charge < -0.3 is 0 Å². The Bertz CT molecular complexity index is 764. The van der Waals surface area contributed by atoms with E-state index in [9.17, 15) is 4.19 Å². The molecule has 0 bridgehead atoms. The molecule has 18 heavy (non-hydrogen) atoms. The van der Waals surface area contributed by atoms with E-state index in [-0.39, 0.29) is 0 Å². The SMILES string of the molecule is O[SeH]1c2ccccc2-c2ccc3ccccc3c21. The van der Waals surface area contributed by atoms with E-state index in [1.54, 1.807) is 0 Å². The van der Waals surface area contributed by atoms with Crippen molar-refractivity contribution >= 4 is 33.9 Å². The minimum absolute atomic E-state index is 1.16. The maximum atomic E-state index is 10.7. The van der Waals surface area contributed by atoms with Crippen molar-refractivity contribution in [3.63, 3.8) is 0 Å². The Balaban J connectivity index is 2.15. The Kier molecular flexibility index (Phi) is 2.12. The summed E-state index contributed by atoms with van der Waals surface area (Å²) in [5.41, 5.74) is 2.45. The Morgan fingerprint density at radius 2 is 1.50 bits per heavy atom. The summed E-state index contributed by atoms with van der Waals surface area (Å²) in [7, 11) is 0. The number of hydrogen-bond acceptors (Lipinski definition) is 1. The van der Waals surface area contributed by atoms with Crippen molar-refractivity contribution in [2.45, 2.75) is 0 Å². The van der Waals surface area contributed by atoms with Gasteiger partial charge in [0, 0.05) is 0 Å². The van der Waals surface area contributed by atoms with Crippen LogP contribution < -0.4 is 8.92 Å². The van der Waals surface area contributed by atoms with Crippen LogP contribution in [0.4, 0.5) is 0 Å². The van der Waals surface area contributed by atoms with E-state index in [0.717, 1.165) is 4.46 Å². The first kappa shape index (κ1) is 10.3. The van der Waals surface area contributed by atoms with Crippen molar-refractivity contribution in [1.29, 1.82) is 0 Å². The molecule has 0 amide bonds. The first-order valence-corrected chi connectivity index (χ1v) is 8.68. The summed E-state index contributed by atoms with van der Waals surface area (Å²) < 4.78 is 13.0. The van der Waals surface area contributed by atoms with Crippen molar-refractivity contribution in [2.24, 2.45) is 0 Å². The summed E-state index contributed by atoms with van der Waals surface area (Å²) in [6, 6.07) is 20.9. The van der Waals surface area contributed by atoms with Gasteiger partial charge in [0.25, 0.3) is 0 Å². The van der Waals surface area contributed by atoms with Crippen molar-refractivity contribution in [1.82, 2.24) is 0 Å². The van der Waals surface area contributed by atoms with Gasteiger partial charge in [-0.25, -0.2) is 0 Å². The van der Waals surface area contributed by atoms with Gasteiger partial charge in [0.15, 0.2) is 0 Å². The molecule has 0 saturated heterocycles. The van der Waals surface area contributed by atoms with Crippen LogP contribution >= 0.6 is 0 Å². The van der Waals surface area contributed by atoms with Gasteiger partial charge >= 0.3 is 110 Å². The third-order valence-corrected chi connectivity index (χ3v) is 7.21. The van der Waals surface area contributed by atoms with Gasteiger partial charge in [-0.1, -0.05) is 0 Å². The minimum atomic E-state index is -2.07. The van der Waals surface area contributed by atoms with Crippen LogP contribution in [0.1, 0.15) is 0 Å². The molecule has 1 atom stereocenters. The molecule has 1 aliphatic heterocycles. The van der Waals surface area contributed by atoms with Crippen molar-refractivity contribution < 1.29 is 4.19 Å². The molecule has 0 aromatic heterocycles. The summed E-state index contributed by atoms with van der Waals surface area (Å²) in [5.74, 6) is 0. The molecule has 0 saturated carbocycles. The zero-order chi connectivity index (χ0) is 12.1. The molecular formula is C16H12OSe. The number of benzene rings is 3. The molecule has 4 rings (SSSR count). The molecule has 1 nitrogen and oxygen atoms in total. The maximum absolute atomic E-state index is 10.7. The predicted molar refractivity (Wildman–Crippen MR) is 78.0 cm³/mol. The van der Waals surface area contributed by atoms with Gasteiger partial charge in [-0.2, -0.15) is 0 Å². The summed E-state index contributed by atoms with van der Waals surface area (Å²) >= 11 is -2.07. The average Bonchev–Trinajstić information content (AvgIpc) is 2.73. The summed E-state index contributed by atoms with van der Waals surface area (Å²) in [6.07, 6.45) is 0. The summed E-state index contributed by atoms with van der Waals surface area (Å²) in [4.78, 5) is 0. The van der Waals surface area contributed by atoms with E-state index in [4.69, 9.17) is 0 Å². The Labute approximate surface area is 110 Å². The van der Waals surface area contributed by atoms with Crippen LogP contribution in [0.25, 0.3) is 21.9 Å². The van der Waals surface area contributed by atoms with E-state index in [1.807, 2.05) is 24.3 Å². The first-order valence-electron chi connectivity index (χ1n) is 5.96. The third kappa shape index (κ3) is 1.25. The number of rotatable bonds is 0. The average molecular weight is 299 g/mol. The third-order valence-electron chi connectivity index (χ3n) is 3.53. The fraction of sp³-hybridized carbons (Fsp3) is 0. The Hall–Kier alpha value is -1.60. The zero-order valence-corrected chi connectivity index (χ0v) is 11.5. The molecule has 0 aliphatic carbocycles. The molecule has 88 valence electrons. The number of hydrogen-bond donors (Lipinski definition) is 1. The van der Waals surface area contributed by atoms with E-state index in [0.29, 0.717) is 0 Å². The van der Waals surface area contributed by atoms with Crippen LogP contribution in [0.3, 0.4) is 0 Å². The van der Waals surface area contributed by atoms with Gasteiger partial charge in [-0.3, -0.25) is 0 Å². The second kappa shape index (κ2) is 3.69. The second-order valence-corrected chi connectivity index (χ2v) is 7.77.